The Morgan fingerprint density at radius 3 is 2.86 bits per heavy atom. The molecule has 1 aromatic carbocycles. The van der Waals surface area contributed by atoms with Gasteiger partial charge < -0.3 is 9.72 Å². The molecule has 3 rings (SSSR count). The van der Waals surface area contributed by atoms with E-state index in [1.165, 1.54) is 0 Å². The maximum absolute atomic E-state index is 11.9. The first-order valence-corrected chi connectivity index (χ1v) is 6.74. The van der Waals surface area contributed by atoms with Crippen LogP contribution in [0, 0.1) is 0 Å². The minimum Gasteiger partial charge on any atom is -0.461 e. The third kappa shape index (κ3) is 2.58. The normalized spacial score (nSPS) is 10.5. The second kappa shape index (κ2) is 5.66. The van der Waals surface area contributed by atoms with Gasteiger partial charge in [0.15, 0.2) is 0 Å². The quantitative estimate of drug-likeness (QED) is 0.748. The van der Waals surface area contributed by atoms with Crippen molar-refractivity contribution < 1.29 is 9.53 Å². The first kappa shape index (κ1) is 13.2. The summed E-state index contributed by atoms with van der Waals surface area (Å²) in [6.07, 6.45) is 5.35. The lowest BCUT2D eigenvalue weighted by atomic mass is 10.1. The Labute approximate surface area is 122 Å². The number of carbonyl (C=O) groups is 1. The Hall–Kier alpha value is -2.82. The number of aromatic nitrogens is 3. The third-order valence-corrected chi connectivity index (χ3v) is 3.14. The zero-order valence-electron chi connectivity index (χ0n) is 11.6. The molecule has 0 bridgehead atoms. The highest BCUT2D eigenvalue weighted by molar-refractivity contribution is 5.95. The van der Waals surface area contributed by atoms with Gasteiger partial charge in [0.25, 0.3) is 0 Å². The van der Waals surface area contributed by atoms with E-state index in [9.17, 15) is 4.79 Å². The molecule has 0 aliphatic rings. The molecule has 21 heavy (non-hydrogen) atoms. The summed E-state index contributed by atoms with van der Waals surface area (Å²) in [5, 5.41) is 4.34. The van der Waals surface area contributed by atoms with E-state index in [2.05, 4.69) is 10.1 Å². The molecule has 0 aliphatic carbocycles. The molecule has 2 heterocycles. The summed E-state index contributed by atoms with van der Waals surface area (Å²) >= 11 is 0. The zero-order chi connectivity index (χ0) is 14.7. The van der Waals surface area contributed by atoms with Crippen LogP contribution in [0.3, 0.4) is 0 Å². The molecule has 0 fully saturated rings. The Morgan fingerprint density at radius 2 is 2.10 bits per heavy atom. The van der Waals surface area contributed by atoms with Crippen molar-refractivity contribution in [2.75, 3.05) is 6.61 Å². The molecule has 5 heteroatoms. The number of benzene rings is 1. The molecule has 0 atom stereocenters. The third-order valence-electron chi connectivity index (χ3n) is 3.14. The van der Waals surface area contributed by atoms with Crippen LogP contribution in [-0.4, -0.2) is 27.3 Å². The average molecular weight is 281 g/mol. The van der Waals surface area contributed by atoms with Crippen LogP contribution < -0.4 is 0 Å². The SMILES string of the molecule is CCOC(=O)c1[nH]ccc1-c1cnn(-c2ccccc2)c1. The predicted molar refractivity (Wildman–Crippen MR) is 79.3 cm³/mol. The molecule has 0 amide bonds. The van der Waals surface area contributed by atoms with Gasteiger partial charge in [0.1, 0.15) is 5.69 Å². The Kier molecular flexibility index (Phi) is 3.55. The van der Waals surface area contributed by atoms with Gasteiger partial charge in [-0.3, -0.25) is 0 Å². The molecular formula is C16H15N3O2. The van der Waals surface area contributed by atoms with Crippen LogP contribution in [0.15, 0.2) is 55.0 Å². The number of rotatable bonds is 4. The minimum atomic E-state index is -0.357. The fourth-order valence-corrected chi connectivity index (χ4v) is 2.17. The summed E-state index contributed by atoms with van der Waals surface area (Å²) in [4.78, 5) is 14.8. The van der Waals surface area contributed by atoms with E-state index < -0.39 is 0 Å². The van der Waals surface area contributed by atoms with Crippen LogP contribution in [0.1, 0.15) is 17.4 Å². The monoisotopic (exact) mass is 281 g/mol. The van der Waals surface area contributed by atoms with Crippen LogP contribution in [0.4, 0.5) is 0 Å². The summed E-state index contributed by atoms with van der Waals surface area (Å²) in [5.74, 6) is -0.357. The number of para-hydroxylation sites is 1. The van der Waals surface area contributed by atoms with E-state index >= 15 is 0 Å². The molecular weight excluding hydrogens is 266 g/mol. The molecule has 1 N–H and O–H groups in total. The Morgan fingerprint density at radius 1 is 1.29 bits per heavy atom. The van der Waals surface area contributed by atoms with Gasteiger partial charge >= 0.3 is 5.97 Å². The lowest BCUT2D eigenvalue weighted by Crippen LogP contribution is -2.06. The molecule has 0 saturated carbocycles. The standard InChI is InChI=1S/C16H15N3O2/c1-2-21-16(20)15-14(8-9-17-15)12-10-18-19(11-12)13-6-4-3-5-7-13/h3-11,17H,2H2,1H3. The number of esters is 1. The van der Waals surface area contributed by atoms with E-state index in [1.807, 2.05) is 42.6 Å². The average Bonchev–Trinajstić information content (AvgIpc) is 3.17. The highest BCUT2D eigenvalue weighted by Gasteiger charge is 2.16. The lowest BCUT2D eigenvalue weighted by Gasteiger charge is -2.02. The number of aromatic amines is 1. The van der Waals surface area contributed by atoms with E-state index in [4.69, 9.17) is 4.74 Å². The topological polar surface area (TPSA) is 59.9 Å². The van der Waals surface area contributed by atoms with Crippen molar-refractivity contribution in [3.05, 3.63) is 60.7 Å². The number of carbonyl (C=O) groups excluding carboxylic acids is 1. The van der Waals surface area contributed by atoms with Gasteiger partial charge in [0.2, 0.25) is 0 Å². The Balaban J connectivity index is 1.94. The molecule has 0 unspecified atom stereocenters. The summed E-state index contributed by atoms with van der Waals surface area (Å²) in [6.45, 7) is 2.13. The van der Waals surface area contributed by atoms with Crippen molar-refractivity contribution in [1.82, 2.24) is 14.8 Å². The first-order chi connectivity index (χ1) is 10.3. The number of nitrogens with one attached hydrogen (secondary N) is 1. The lowest BCUT2D eigenvalue weighted by molar-refractivity contribution is 0.0521. The highest BCUT2D eigenvalue weighted by Crippen LogP contribution is 2.24. The number of ether oxygens (including phenoxy) is 1. The van der Waals surface area contributed by atoms with Crippen LogP contribution in [0.25, 0.3) is 16.8 Å². The number of H-pyrrole nitrogens is 1. The summed E-state index contributed by atoms with van der Waals surface area (Å²) in [5.41, 5.74) is 3.07. The van der Waals surface area contributed by atoms with E-state index in [1.54, 1.807) is 24.0 Å². The summed E-state index contributed by atoms with van der Waals surface area (Å²) in [6, 6.07) is 11.7. The second-order valence-electron chi connectivity index (χ2n) is 4.50. The van der Waals surface area contributed by atoms with Gasteiger partial charge in [-0.2, -0.15) is 5.10 Å². The number of hydrogen-bond acceptors (Lipinski definition) is 3. The van der Waals surface area contributed by atoms with E-state index in [0.29, 0.717) is 12.3 Å². The smallest absolute Gasteiger partial charge is 0.355 e. The summed E-state index contributed by atoms with van der Waals surface area (Å²) in [7, 11) is 0. The molecule has 0 saturated heterocycles. The second-order valence-corrected chi connectivity index (χ2v) is 4.50. The van der Waals surface area contributed by atoms with Crippen LogP contribution in [0.5, 0.6) is 0 Å². The number of nitrogens with zero attached hydrogens (tertiary/aromatic N) is 2. The maximum Gasteiger partial charge on any atom is 0.355 e. The van der Waals surface area contributed by atoms with E-state index in [-0.39, 0.29) is 5.97 Å². The maximum atomic E-state index is 11.9. The molecule has 0 spiro atoms. The zero-order valence-corrected chi connectivity index (χ0v) is 11.6. The fraction of sp³-hybridized carbons (Fsp3) is 0.125. The fourth-order valence-electron chi connectivity index (χ4n) is 2.17. The van der Waals surface area contributed by atoms with Crippen molar-refractivity contribution in [2.24, 2.45) is 0 Å². The first-order valence-electron chi connectivity index (χ1n) is 6.74. The number of hydrogen-bond donors (Lipinski definition) is 1. The highest BCUT2D eigenvalue weighted by atomic mass is 16.5. The Bertz CT molecular complexity index is 744. The largest absolute Gasteiger partial charge is 0.461 e. The molecule has 106 valence electrons. The molecule has 0 aliphatic heterocycles. The molecule has 3 aromatic rings. The van der Waals surface area contributed by atoms with Gasteiger partial charge in [-0.25, -0.2) is 9.48 Å². The van der Waals surface area contributed by atoms with Gasteiger partial charge in [0, 0.05) is 23.5 Å². The van der Waals surface area contributed by atoms with Crippen molar-refractivity contribution >= 4 is 5.97 Å². The van der Waals surface area contributed by atoms with Crippen LogP contribution in [0.2, 0.25) is 0 Å². The minimum absolute atomic E-state index is 0.348. The van der Waals surface area contributed by atoms with Gasteiger partial charge in [-0.15, -0.1) is 0 Å². The van der Waals surface area contributed by atoms with Crippen molar-refractivity contribution in [3.8, 4) is 16.8 Å². The predicted octanol–water partition coefficient (Wildman–Crippen LogP) is 3.04. The van der Waals surface area contributed by atoms with Gasteiger partial charge in [-0.05, 0) is 25.1 Å². The molecule has 5 nitrogen and oxygen atoms in total. The van der Waals surface area contributed by atoms with Crippen molar-refractivity contribution in [1.29, 1.82) is 0 Å². The molecule has 2 aromatic heterocycles. The van der Waals surface area contributed by atoms with Crippen LogP contribution in [-0.2, 0) is 4.74 Å². The summed E-state index contributed by atoms with van der Waals surface area (Å²) < 4.78 is 6.82. The van der Waals surface area contributed by atoms with Crippen molar-refractivity contribution in [2.45, 2.75) is 6.92 Å². The van der Waals surface area contributed by atoms with E-state index in [0.717, 1.165) is 16.8 Å². The van der Waals surface area contributed by atoms with Crippen molar-refractivity contribution in [3.63, 3.8) is 0 Å². The van der Waals surface area contributed by atoms with Gasteiger partial charge in [0.05, 0.1) is 18.5 Å². The van der Waals surface area contributed by atoms with Crippen LogP contribution >= 0.6 is 0 Å². The van der Waals surface area contributed by atoms with Gasteiger partial charge in [-0.1, -0.05) is 18.2 Å². The molecule has 0 radical (unpaired) electrons.